The average Bonchev–Trinajstić information content (AvgIpc) is 1.60. The Balaban J connectivity index is 0. The second-order valence-electron chi connectivity index (χ2n) is 0.908. The van der Waals surface area contributed by atoms with E-state index in [1.807, 2.05) is 0 Å². The first kappa shape index (κ1) is 15.0. The maximum absolute atomic E-state index is 9.76. The van der Waals surface area contributed by atoms with E-state index in [9.17, 15) is 7.61 Å². The molecule has 0 aliphatic carbocycles. The van der Waals surface area contributed by atoms with Crippen molar-refractivity contribution in [3.63, 3.8) is 0 Å². The third-order valence-corrected chi connectivity index (χ3v) is 9.85. The summed E-state index contributed by atoms with van der Waals surface area (Å²) in [6.07, 6.45) is -2.33. The molecular formula is CCaCrO7Pb. The van der Waals surface area contributed by atoms with Crippen molar-refractivity contribution in [1.29, 1.82) is 0 Å². The SMILES string of the molecule is O=C([O-])[O-].[Ca+2].[O]=[Cr]1(=[O])[O][Pb][O]1. The van der Waals surface area contributed by atoms with E-state index < -0.39 is 44.9 Å². The molecule has 0 bridgehead atoms. The second-order valence-corrected chi connectivity index (χ2v) is 8.69. The fourth-order valence-corrected chi connectivity index (χ4v) is 3.24. The van der Waals surface area contributed by atoms with Crippen molar-refractivity contribution in [3.05, 3.63) is 0 Å². The Hall–Kier alpha value is 1.50. The molecule has 1 aliphatic heterocycles. The minimum atomic E-state index is -4.01. The zero-order valence-electron chi connectivity index (χ0n) is 4.97. The summed E-state index contributed by atoms with van der Waals surface area (Å²) < 4.78 is 27.8. The van der Waals surface area contributed by atoms with Crippen LogP contribution in [0, 0.1) is 0 Å². The van der Waals surface area contributed by atoms with Gasteiger partial charge in [-0.15, -0.1) is 0 Å². The van der Waals surface area contributed by atoms with Crippen LogP contribution in [0.4, 0.5) is 4.79 Å². The number of carbonyl (C=O) groups is 1. The van der Waals surface area contributed by atoms with Crippen LogP contribution >= 0.6 is 0 Å². The van der Waals surface area contributed by atoms with Gasteiger partial charge in [0, 0.05) is 0 Å². The van der Waals surface area contributed by atoms with Crippen molar-refractivity contribution in [2.24, 2.45) is 0 Å². The van der Waals surface area contributed by atoms with Crippen molar-refractivity contribution in [2.45, 2.75) is 0 Å². The molecule has 58 valence electrons. The summed E-state index contributed by atoms with van der Waals surface area (Å²) in [4.78, 5) is 8.33. The van der Waals surface area contributed by atoms with Crippen LogP contribution < -0.4 is 10.2 Å². The number of carboxylic acid groups (broad SMARTS) is 2. The summed E-state index contributed by atoms with van der Waals surface area (Å²) in [7, 11) is 0. The Morgan fingerprint density at radius 2 is 1.45 bits per heavy atom. The zero-order valence-corrected chi connectivity index (χ0v) is 12.3. The molecule has 0 saturated carbocycles. The molecule has 1 heterocycles. The normalized spacial score (nSPS) is 17.8. The molecular weight excluding hydrogens is 423 g/mol. The van der Waals surface area contributed by atoms with Crippen LogP contribution in [0.5, 0.6) is 0 Å². The molecule has 0 aromatic heterocycles. The molecule has 1 rings (SSSR count). The number of hydrogen-bond acceptors (Lipinski definition) is 7. The fraction of sp³-hybridized carbons (Fsp3) is 0. The second kappa shape index (κ2) is 6.96. The molecule has 0 N–H and O–H groups in total. The van der Waals surface area contributed by atoms with Gasteiger partial charge >= 0.3 is 87.6 Å². The zero-order chi connectivity index (χ0) is 8.20. The van der Waals surface area contributed by atoms with Gasteiger partial charge in [-0.25, -0.2) is 0 Å². The van der Waals surface area contributed by atoms with E-state index in [1.165, 1.54) is 0 Å². The molecule has 10 heteroatoms. The van der Waals surface area contributed by atoms with Crippen molar-refractivity contribution in [1.82, 2.24) is 0 Å². The molecule has 7 nitrogen and oxygen atoms in total. The van der Waals surface area contributed by atoms with Crippen LogP contribution in [-0.2, 0) is 24.7 Å². The van der Waals surface area contributed by atoms with Crippen LogP contribution in [0.1, 0.15) is 0 Å². The molecule has 0 atom stereocenters. The van der Waals surface area contributed by atoms with E-state index in [0.717, 1.165) is 0 Å². The Morgan fingerprint density at radius 1 is 1.27 bits per heavy atom. The summed E-state index contributed by atoms with van der Waals surface area (Å²) in [5.74, 6) is 0. The maximum atomic E-state index is 9.76. The molecule has 1 fully saturated rings. The molecule has 1 aliphatic rings. The van der Waals surface area contributed by atoms with Gasteiger partial charge in [0.1, 0.15) is 0 Å². The Labute approximate surface area is 107 Å². The summed E-state index contributed by atoms with van der Waals surface area (Å²) >= 11 is -5.45. The van der Waals surface area contributed by atoms with Crippen molar-refractivity contribution in [2.75, 3.05) is 0 Å². The van der Waals surface area contributed by atoms with Crippen molar-refractivity contribution in [3.8, 4) is 0 Å². The molecule has 0 spiro atoms. The Kier molecular flexibility index (Phi) is 9.49. The fourth-order valence-electron chi connectivity index (χ4n) is 0.0896. The van der Waals surface area contributed by atoms with Gasteiger partial charge in [-0.05, 0) is 6.16 Å². The van der Waals surface area contributed by atoms with Crippen LogP contribution in [0.25, 0.3) is 0 Å². The molecule has 0 amide bonds. The van der Waals surface area contributed by atoms with Gasteiger partial charge in [-0.1, -0.05) is 0 Å². The van der Waals surface area contributed by atoms with Crippen LogP contribution in [-0.4, -0.2) is 69.0 Å². The standard InChI is InChI=1S/CH2O3.Ca.Cr.4O.Pb/c2-1(3)4;;;;;;;/h(H2,2,3,4);;;;;;;/q;+2;;;;;;/p-2. The number of rotatable bonds is 0. The first-order valence-electron chi connectivity index (χ1n) is 1.69. The van der Waals surface area contributed by atoms with Crippen molar-refractivity contribution >= 4 is 69.0 Å². The van der Waals surface area contributed by atoms with E-state index in [-0.39, 0.29) is 37.7 Å². The van der Waals surface area contributed by atoms with E-state index in [2.05, 4.69) is 3.48 Å². The topological polar surface area (TPSA) is 116 Å². The summed E-state index contributed by atoms with van der Waals surface area (Å²) in [5.41, 5.74) is 0. The molecule has 0 aromatic carbocycles. The first-order valence-corrected chi connectivity index (χ1v) is 6.94. The van der Waals surface area contributed by atoms with E-state index in [4.69, 9.17) is 15.0 Å². The number of hydrogen-bond donors (Lipinski definition) is 0. The first-order chi connectivity index (χ1) is 4.44. The minimum absolute atomic E-state index is 0. The van der Waals surface area contributed by atoms with Gasteiger partial charge in [0.15, 0.2) is 0 Å². The van der Waals surface area contributed by atoms with Crippen LogP contribution in [0.2, 0.25) is 0 Å². The van der Waals surface area contributed by atoms with Gasteiger partial charge in [0.25, 0.3) is 0 Å². The Morgan fingerprint density at radius 3 is 1.45 bits per heavy atom. The molecule has 0 aromatic rings. The monoisotopic (exact) mass is 424 g/mol. The van der Waals surface area contributed by atoms with Gasteiger partial charge in [-0.3, -0.25) is 0 Å². The number of carbonyl (C=O) groups excluding carboxylic acids is 1. The van der Waals surface area contributed by atoms with Crippen LogP contribution in [0.15, 0.2) is 0 Å². The van der Waals surface area contributed by atoms with E-state index in [1.54, 1.807) is 0 Å². The summed E-state index contributed by atoms with van der Waals surface area (Å²) in [6, 6.07) is 0. The van der Waals surface area contributed by atoms with Gasteiger partial charge < -0.3 is 15.0 Å². The molecule has 11 heavy (non-hydrogen) atoms. The predicted molar refractivity (Wildman–Crippen MR) is 20.4 cm³/mol. The summed E-state index contributed by atoms with van der Waals surface area (Å²) in [6.45, 7) is 0. The quantitative estimate of drug-likeness (QED) is 0.370. The van der Waals surface area contributed by atoms with Gasteiger partial charge in [-0.2, -0.15) is 0 Å². The average molecular weight is 423 g/mol. The van der Waals surface area contributed by atoms with Crippen molar-refractivity contribution < 1.29 is 39.7 Å². The third-order valence-electron chi connectivity index (χ3n) is 0.272. The van der Waals surface area contributed by atoms with E-state index in [0.29, 0.717) is 0 Å². The molecule has 0 unspecified atom stereocenters. The summed E-state index contributed by atoms with van der Waals surface area (Å²) in [5, 5.41) is 16.7. The molecule has 2 radical (unpaired) electrons. The van der Waals surface area contributed by atoms with Crippen LogP contribution in [0.3, 0.4) is 0 Å². The van der Waals surface area contributed by atoms with Gasteiger partial charge in [0.2, 0.25) is 0 Å². The third kappa shape index (κ3) is 11.5. The molecule has 1 saturated heterocycles. The Bertz CT molecular complexity index is 194. The van der Waals surface area contributed by atoms with E-state index >= 15 is 0 Å². The van der Waals surface area contributed by atoms with Gasteiger partial charge in [0.05, 0.1) is 0 Å². The predicted octanol–water partition coefficient (Wildman–Crippen LogP) is -3.59.